The van der Waals surface area contributed by atoms with Gasteiger partial charge in [-0.05, 0) is 55.7 Å². The van der Waals surface area contributed by atoms with E-state index in [-0.39, 0.29) is 11.8 Å². The van der Waals surface area contributed by atoms with Crippen molar-refractivity contribution in [2.45, 2.75) is 19.8 Å². The Kier molecular flexibility index (Phi) is 5.48. The van der Waals surface area contributed by atoms with Crippen molar-refractivity contribution in [1.29, 1.82) is 0 Å². The molecule has 2 aromatic rings. The maximum absolute atomic E-state index is 12.2. The van der Waals surface area contributed by atoms with Gasteiger partial charge in [-0.3, -0.25) is 4.79 Å². The molecule has 0 saturated carbocycles. The topological polar surface area (TPSA) is 63.2 Å². The molecule has 1 aliphatic heterocycles. The molecule has 1 aromatic heterocycles. The second kappa shape index (κ2) is 7.77. The van der Waals surface area contributed by atoms with E-state index in [9.17, 15) is 4.79 Å². The van der Waals surface area contributed by atoms with Gasteiger partial charge in [0.2, 0.25) is 5.91 Å². The van der Waals surface area contributed by atoms with Gasteiger partial charge in [0.1, 0.15) is 5.82 Å². The summed E-state index contributed by atoms with van der Waals surface area (Å²) < 4.78 is 6.33. The summed E-state index contributed by atoms with van der Waals surface area (Å²) in [5.41, 5.74) is 3.05. The number of carbonyl (C=O) groups is 1. The Morgan fingerprint density at radius 1 is 1.25 bits per heavy atom. The van der Waals surface area contributed by atoms with Crippen LogP contribution in [0, 0.1) is 12.8 Å². The van der Waals surface area contributed by atoms with E-state index in [0.29, 0.717) is 19.0 Å². The summed E-state index contributed by atoms with van der Waals surface area (Å²) >= 11 is 3.46. The molecule has 3 rings (SSSR count). The number of carbonyl (C=O) groups excluding carboxylic acids is 1. The minimum absolute atomic E-state index is 0.0174. The average molecular weight is 390 g/mol. The van der Waals surface area contributed by atoms with Gasteiger partial charge in [-0.1, -0.05) is 15.9 Å². The third-order valence-corrected chi connectivity index (χ3v) is 4.57. The number of pyridine rings is 1. The minimum atomic E-state index is 0.0174. The number of anilines is 3. The summed E-state index contributed by atoms with van der Waals surface area (Å²) in [6.45, 7) is 3.35. The van der Waals surface area contributed by atoms with Crippen molar-refractivity contribution < 1.29 is 9.53 Å². The molecule has 5 nitrogen and oxygen atoms in total. The monoisotopic (exact) mass is 389 g/mol. The van der Waals surface area contributed by atoms with Gasteiger partial charge in [-0.25, -0.2) is 4.98 Å². The molecule has 1 saturated heterocycles. The van der Waals surface area contributed by atoms with Crippen LogP contribution in [-0.2, 0) is 9.53 Å². The Labute approximate surface area is 149 Å². The highest BCUT2D eigenvalue weighted by molar-refractivity contribution is 9.10. The molecule has 0 spiro atoms. The maximum atomic E-state index is 12.2. The summed E-state index contributed by atoms with van der Waals surface area (Å²) in [5, 5.41) is 6.21. The molecule has 0 bridgehead atoms. The first kappa shape index (κ1) is 16.9. The van der Waals surface area contributed by atoms with E-state index in [2.05, 4.69) is 37.6 Å². The van der Waals surface area contributed by atoms with Crippen LogP contribution < -0.4 is 10.6 Å². The van der Waals surface area contributed by atoms with Crippen LogP contribution >= 0.6 is 15.9 Å². The fourth-order valence-electron chi connectivity index (χ4n) is 2.65. The largest absolute Gasteiger partial charge is 0.381 e. The van der Waals surface area contributed by atoms with Gasteiger partial charge in [0, 0.05) is 29.3 Å². The molecule has 0 atom stereocenters. The Morgan fingerprint density at radius 2 is 2.04 bits per heavy atom. The zero-order chi connectivity index (χ0) is 16.9. The third kappa shape index (κ3) is 4.33. The first-order valence-corrected chi connectivity index (χ1v) is 8.79. The quantitative estimate of drug-likeness (QED) is 0.819. The normalized spacial score (nSPS) is 15.1. The highest BCUT2D eigenvalue weighted by atomic mass is 79.9. The van der Waals surface area contributed by atoms with Crippen molar-refractivity contribution in [2.75, 3.05) is 23.8 Å². The predicted molar refractivity (Wildman–Crippen MR) is 98.6 cm³/mol. The van der Waals surface area contributed by atoms with Crippen molar-refractivity contribution in [1.82, 2.24) is 4.98 Å². The van der Waals surface area contributed by atoms with E-state index in [0.717, 1.165) is 34.3 Å². The van der Waals surface area contributed by atoms with Crippen LogP contribution in [0.1, 0.15) is 18.4 Å². The van der Waals surface area contributed by atoms with Crippen molar-refractivity contribution in [2.24, 2.45) is 5.92 Å². The van der Waals surface area contributed by atoms with Gasteiger partial charge < -0.3 is 15.4 Å². The fourth-order valence-corrected chi connectivity index (χ4v) is 3.13. The lowest BCUT2D eigenvalue weighted by Crippen LogP contribution is -2.28. The van der Waals surface area contributed by atoms with Gasteiger partial charge >= 0.3 is 0 Å². The third-order valence-electron chi connectivity index (χ3n) is 4.07. The van der Waals surface area contributed by atoms with Crippen molar-refractivity contribution in [3.05, 3.63) is 46.6 Å². The van der Waals surface area contributed by atoms with Gasteiger partial charge in [0.15, 0.2) is 0 Å². The van der Waals surface area contributed by atoms with Crippen molar-refractivity contribution in [3.8, 4) is 0 Å². The van der Waals surface area contributed by atoms with Crippen LogP contribution in [0.15, 0.2) is 41.0 Å². The van der Waals surface area contributed by atoms with Crippen LogP contribution in [0.3, 0.4) is 0 Å². The van der Waals surface area contributed by atoms with Gasteiger partial charge in [0.05, 0.1) is 11.9 Å². The Morgan fingerprint density at radius 3 is 2.71 bits per heavy atom. The lowest BCUT2D eigenvalue weighted by Gasteiger charge is -2.21. The summed E-state index contributed by atoms with van der Waals surface area (Å²) in [7, 11) is 0. The van der Waals surface area contributed by atoms with Crippen LogP contribution in [0.25, 0.3) is 0 Å². The average Bonchev–Trinajstić information content (AvgIpc) is 2.60. The summed E-state index contributed by atoms with van der Waals surface area (Å²) in [4.78, 5) is 16.5. The van der Waals surface area contributed by atoms with E-state index in [4.69, 9.17) is 4.74 Å². The second-order valence-electron chi connectivity index (χ2n) is 5.89. The number of rotatable bonds is 4. The number of halogens is 1. The van der Waals surface area contributed by atoms with Crippen LogP contribution in [0.5, 0.6) is 0 Å². The number of nitrogens with one attached hydrogen (secondary N) is 2. The van der Waals surface area contributed by atoms with E-state index >= 15 is 0 Å². The Balaban J connectivity index is 1.61. The van der Waals surface area contributed by atoms with Crippen molar-refractivity contribution >= 4 is 39.0 Å². The lowest BCUT2D eigenvalue weighted by molar-refractivity contribution is -0.122. The molecule has 0 unspecified atom stereocenters. The molecule has 1 aliphatic rings. The number of benzene rings is 1. The SMILES string of the molecule is Cc1cc(Br)ccc1Nc1ccc(NC(=O)C2CCOCC2)nc1. The number of ether oxygens (including phenoxy) is 1. The number of amides is 1. The van der Waals surface area contributed by atoms with Crippen LogP contribution in [0.2, 0.25) is 0 Å². The first-order chi connectivity index (χ1) is 11.6. The molecule has 1 aromatic carbocycles. The Hall–Kier alpha value is -1.92. The molecular formula is C18H20BrN3O2. The van der Waals surface area contributed by atoms with Crippen LogP contribution in [0.4, 0.5) is 17.2 Å². The lowest BCUT2D eigenvalue weighted by atomic mass is 9.99. The maximum Gasteiger partial charge on any atom is 0.228 e. The van der Waals surface area contributed by atoms with E-state index in [1.54, 1.807) is 6.20 Å². The molecular weight excluding hydrogens is 370 g/mol. The first-order valence-electron chi connectivity index (χ1n) is 7.99. The smallest absolute Gasteiger partial charge is 0.228 e. The number of nitrogens with zero attached hydrogens (tertiary/aromatic N) is 1. The molecule has 0 aliphatic carbocycles. The number of hydrogen-bond acceptors (Lipinski definition) is 4. The second-order valence-corrected chi connectivity index (χ2v) is 6.81. The van der Waals surface area contributed by atoms with Crippen molar-refractivity contribution in [3.63, 3.8) is 0 Å². The van der Waals surface area contributed by atoms with E-state index in [1.807, 2.05) is 31.2 Å². The molecule has 0 radical (unpaired) electrons. The standard InChI is InChI=1S/C18H20BrN3O2/c1-12-10-14(19)2-4-16(12)21-15-3-5-17(20-11-15)22-18(23)13-6-8-24-9-7-13/h2-5,10-11,13,21H,6-9H2,1H3,(H,20,22,23). The van der Waals surface area contributed by atoms with Crippen LogP contribution in [-0.4, -0.2) is 24.1 Å². The number of aryl methyl sites for hydroxylation is 1. The zero-order valence-electron chi connectivity index (χ0n) is 13.5. The van der Waals surface area contributed by atoms with E-state index in [1.165, 1.54) is 0 Å². The Bertz CT molecular complexity index is 713. The highest BCUT2D eigenvalue weighted by Crippen LogP contribution is 2.24. The summed E-state index contributed by atoms with van der Waals surface area (Å²) in [5.74, 6) is 0.614. The fraction of sp³-hybridized carbons (Fsp3) is 0.333. The van der Waals surface area contributed by atoms with Gasteiger partial charge in [-0.2, -0.15) is 0 Å². The molecule has 6 heteroatoms. The predicted octanol–water partition coefficient (Wildman–Crippen LogP) is 4.26. The van der Waals surface area contributed by atoms with E-state index < -0.39 is 0 Å². The highest BCUT2D eigenvalue weighted by Gasteiger charge is 2.21. The number of aromatic nitrogens is 1. The summed E-state index contributed by atoms with van der Waals surface area (Å²) in [6, 6.07) is 9.78. The molecule has 2 N–H and O–H groups in total. The molecule has 1 fully saturated rings. The van der Waals surface area contributed by atoms with Gasteiger partial charge in [0.25, 0.3) is 0 Å². The molecule has 126 valence electrons. The summed E-state index contributed by atoms with van der Waals surface area (Å²) in [6.07, 6.45) is 3.27. The number of hydrogen-bond donors (Lipinski definition) is 2. The molecule has 2 heterocycles. The molecule has 24 heavy (non-hydrogen) atoms. The molecule has 1 amide bonds. The van der Waals surface area contributed by atoms with Gasteiger partial charge in [-0.15, -0.1) is 0 Å². The zero-order valence-corrected chi connectivity index (χ0v) is 15.1. The minimum Gasteiger partial charge on any atom is -0.381 e.